The van der Waals surface area contributed by atoms with E-state index in [1.807, 2.05) is 56.3 Å². The van der Waals surface area contributed by atoms with E-state index in [9.17, 15) is 14.0 Å². The molecule has 1 amide bonds. The molecule has 10 heteroatoms. The van der Waals surface area contributed by atoms with Crippen LogP contribution in [-0.4, -0.2) is 68.0 Å². The van der Waals surface area contributed by atoms with Gasteiger partial charge in [-0.2, -0.15) is 0 Å². The number of halogens is 1. The average Bonchev–Trinajstić information content (AvgIpc) is 3.20. The van der Waals surface area contributed by atoms with Gasteiger partial charge in [-0.05, 0) is 58.4 Å². The lowest BCUT2D eigenvalue weighted by atomic mass is 10.1. The van der Waals surface area contributed by atoms with Gasteiger partial charge in [0.25, 0.3) is 5.56 Å². The van der Waals surface area contributed by atoms with Crippen molar-refractivity contribution in [3.8, 4) is 11.1 Å². The van der Waals surface area contributed by atoms with Crippen LogP contribution in [0.3, 0.4) is 0 Å². The summed E-state index contributed by atoms with van der Waals surface area (Å²) in [6.07, 6.45) is 3.54. The summed E-state index contributed by atoms with van der Waals surface area (Å²) in [5.74, 6) is 0.277. The molecule has 0 bridgehead atoms. The highest BCUT2D eigenvalue weighted by Gasteiger charge is 2.29. The van der Waals surface area contributed by atoms with E-state index < -0.39 is 6.04 Å². The molecule has 1 aliphatic heterocycles. The van der Waals surface area contributed by atoms with Crippen molar-refractivity contribution in [3.05, 3.63) is 76.6 Å². The monoisotopic (exact) mass is 560 g/mol. The average molecular weight is 561 g/mol. The Labute approximate surface area is 239 Å². The Morgan fingerprint density at radius 1 is 1.10 bits per heavy atom. The highest BCUT2D eigenvalue weighted by atomic mass is 19.1. The normalized spacial score (nSPS) is 16.8. The fourth-order valence-electron chi connectivity index (χ4n) is 5.43. The van der Waals surface area contributed by atoms with Crippen LogP contribution in [0.15, 0.2) is 59.7 Å². The number of carbonyl (C=O) groups is 1. The maximum Gasteiger partial charge on any atom is 0.274 e. The van der Waals surface area contributed by atoms with Crippen LogP contribution in [0.25, 0.3) is 22.0 Å². The van der Waals surface area contributed by atoms with Crippen LogP contribution >= 0.6 is 0 Å². The van der Waals surface area contributed by atoms with E-state index in [1.54, 1.807) is 43.7 Å². The molecule has 1 fully saturated rings. The number of amides is 1. The summed E-state index contributed by atoms with van der Waals surface area (Å²) in [5.41, 5.74) is 2.37. The van der Waals surface area contributed by atoms with Crippen LogP contribution in [0, 0.1) is 5.82 Å². The van der Waals surface area contributed by atoms with E-state index in [0.717, 1.165) is 11.1 Å². The van der Waals surface area contributed by atoms with E-state index >= 15 is 0 Å². The highest BCUT2D eigenvalue weighted by Crippen LogP contribution is 2.28. The second-order valence-electron chi connectivity index (χ2n) is 11.7. The largest absolute Gasteiger partial charge is 0.366 e. The van der Waals surface area contributed by atoms with Gasteiger partial charge >= 0.3 is 0 Å². The smallest absolute Gasteiger partial charge is 0.274 e. The fraction of sp³-hybridized carbons (Fsp3) is 0.419. The van der Waals surface area contributed by atoms with E-state index in [1.165, 1.54) is 10.7 Å². The molecule has 3 heterocycles. The van der Waals surface area contributed by atoms with E-state index in [4.69, 9.17) is 4.74 Å². The van der Waals surface area contributed by atoms with E-state index in [-0.39, 0.29) is 35.5 Å². The SMILES string of the molecule is CC(c1ccccc1F)n1c2cc(-c3cnc(N4CCN(C(=O)COC(C)(C)C)[C@H](C)C4)nc3)ccc2c(=O)n1C. The molecular weight excluding hydrogens is 523 g/mol. The van der Waals surface area contributed by atoms with Gasteiger partial charge in [0, 0.05) is 56.2 Å². The number of aromatic nitrogens is 4. The summed E-state index contributed by atoms with van der Waals surface area (Å²) in [4.78, 5) is 38.9. The Kier molecular flexibility index (Phi) is 7.70. The summed E-state index contributed by atoms with van der Waals surface area (Å²) in [6.45, 7) is 11.6. The number of piperazine rings is 1. The first kappa shape index (κ1) is 28.5. The molecule has 41 heavy (non-hydrogen) atoms. The molecule has 0 radical (unpaired) electrons. The van der Waals surface area contributed by atoms with Crippen molar-refractivity contribution >= 4 is 22.8 Å². The fourth-order valence-corrected chi connectivity index (χ4v) is 5.43. The molecule has 0 saturated carbocycles. The summed E-state index contributed by atoms with van der Waals surface area (Å²) in [6, 6.07) is 11.8. The van der Waals surface area contributed by atoms with Gasteiger partial charge in [-0.25, -0.2) is 14.4 Å². The zero-order valence-electron chi connectivity index (χ0n) is 24.5. The lowest BCUT2D eigenvalue weighted by Crippen LogP contribution is -2.55. The van der Waals surface area contributed by atoms with Crippen molar-refractivity contribution in [2.75, 3.05) is 31.1 Å². The molecule has 0 N–H and O–H groups in total. The van der Waals surface area contributed by atoms with Gasteiger partial charge in [0.05, 0.1) is 22.5 Å². The summed E-state index contributed by atoms with van der Waals surface area (Å²) in [5, 5.41) is 0.561. The molecule has 2 aromatic carbocycles. The van der Waals surface area contributed by atoms with Crippen molar-refractivity contribution in [1.29, 1.82) is 0 Å². The first-order valence-electron chi connectivity index (χ1n) is 13.9. The third kappa shape index (κ3) is 5.74. The Balaban J connectivity index is 1.35. The number of carbonyl (C=O) groups excluding carboxylic acids is 1. The molecule has 9 nitrogen and oxygen atoms in total. The minimum Gasteiger partial charge on any atom is -0.366 e. The van der Waals surface area contributed by atoms with Crippen LogP contribution in [0.2, 0.25) is 0 Å². The van der Waals surface area contributed by atoms with Crippen LogP contribution in [0.4, 0.5) is 10.3 Å². The Morgan fingerprint density at radius 3 is 2.46 bits per heavy atom. The molecule has 216 valence electrons. The second-order valence-corrected chi connectivity index (χ2v) is 11.7. The molecule has 0 aliphatic carbocycles. The minimum atomic E-state index is -0.396. The minimum absolute atomic E-state index is 0.00300. The van der Waals surface area contributed by atoms with Crippen molar-refractivity contribution in [1.82, 2.24) is 24.2 Å². The van der Waals surface area contributed by atoms with Gasteiger partial charge in [0.2, 0.25) is 11.9 Å². The Hall–Kier alpha value is -4.05. The Bertz CT molecular complexity index is 1620. The number of benzene rings is 2. The summed E-state index contributed by atoms with van der Waals surface area (Å²) >= 11 is 0. The molecule has 2 aromatic heterocycles. The van der Waals surface area contributed by atoms with Crippen LogP contribution in [0.5, 0.6) is 0 Å². The van der Waals surface area contributed by atoms with E-state index in [2.05, 4.69) is 14.9 Å². The van der Waals surface area contributed by atoms with Crippen molar-refractivity contribution in [2.45, 2.75) is 52.3 Å². The molecule has 1 aliphatic rings. The van der Waals surface area contributed by atoms with Crippen molar-refractivity contribution < 1.29 is 13.9 Å². The molecule has 1 saturated heterocycles. The molecule has 5 rings (SSSR count). The molecule has 2 atom stereocenters. The standard InChI is InChI=1S/C31H37FN6O3/c1-20-18-36(13-14-37(20)28(39)19-41-31(3,4)5)30-33-16-23(17-34-30)22-11-12-25-27(15-22)38(35(6)29(25)40)21(2)24-9-7-8-10-26(24)32/h7-12,15-17,20-21H,13-14,18-19H2,1-6H3/t20-,21?/m1/s1. The number of ether oxygens (including phenoxy) is 1. The maximum absolute atomic E-state index is 14.6. The number of fused-ring (bicyclic) bond motifs is 1. The quantitative estimate of drug-likeness (QED) is 0.348. The second kappa shape index (κ2) is 11.1. The lowest BCUT2D eigenvalue weighted by molar-refractivity contribution is -0.143. The van der Waals surface area contributed by atoms with Gasteiger partial charge in [-0.3, -0.25) is 19.0 Å². The number of nitrogens with zero attached hydrogens (tertiary/aromatic N) is 6. The van der Waals surface area contributed by atoms with Gasteiger partial charge in [0.15, 0.2) is 0 Å². The predicted octanol–water partition coefficient (Wildman–Crippen LogP) is 4.40. The van der Waals surface area contributed by atoms with Gasteiger partial charge in [-0.15, -0.1) is 0 Å². The molecule has 1 unspecified atom stereocenters. The summed E-state index contributed by atoms with van der Waals surface area (Å²) < 4.78 is 23.6. The van der Waals surface area contributed by atoms with E-state index in [0.29, 0.717) is 42.0 Å². The zero-order valence-corrected chi connectivity index (χ0v) is 24.5. The molecular formula is C31H37FN6O3. The third-order valence-electron chi connectivity index (χ3n) is 7.65. The van der Waals surface area contributed by atoms with Crippen LogP contribution < -0.4 is 10.5 Å². The van der Waals surface area contributed by atoms with Crippen LogP contribution in [0.1, 0.15) is 46.2 Å². The van der Waals surface area contributed by atoms with Crippen LogP contribution in [-0.2, 0) is 16.6 Å². The summed E-state index contributed by atoms with van der Waals surface area (Å²) in [7, 11) is 1.70. The van der Waals surface area contributed by atoms with Gasteiger partial charge in [0.1, 0.15) is 12.4 Å². The lowest BCUT2D eigenvalue weighted by Gasteiger charge is -2.40. The van der Waals surface area contributed by atoms with Crippen molar-refractivity contribution in [2.24, 2.45) is 7.05 Å². The first-order valence-corrected chi connectivity index (χ1v) is 13.9. The van der Waals surface area contributed by atoms with Gasteiger partial charge in [-0.1, -0.05) is 24.3 Å². The van der Waals surface area contributed by atoms with Crippen molar-refractivity contribution in [3.63, 3.8) is 0 Å². The predicted molar refractivity (Wildman–Crippen MR) is 158 cm³/mol. The van der Waals surface area contributed by atoms with Gasteiger partial charge < -0.3 is 14.5 Å². The Morgan fingerprint density at radius 2 is 1.80 bits per heavy atom. The number of rotatable bonds is 6. The number of hydrogen-bond donors (Lipinski definition) is 0. The molecule has 4 aromatic rings. The topological polar surface area (TPSA) is 85.5 Å². The number of anilines is 1. The molecule has 0 spiro atoms. The zero-order chi connectivity index (χ0) is 29.5. The third-order valence-corrected chi connectivity index (χ3v) is 7.65. The maximum atomic E-state index is 14.6. The highest BCUT2D eigenvalue weighted by molar-refractivity contribution is 5.84. The number of hydrogen-bond acceptors (Lipinski definition) is 6. The first-order chi connectivity index (χ1) is 19.4.